The van der Waals surface area contributed by atoms with Gasteiger partial charge in [0.05, 0.1) is 17.5 Å². The van der Waals surface area contributed by atoms with Crippen molar-refractivity contribution < 1.29 is 23.9 Å². The van der Waals surface area contributed by atoms with Gasteiger partial charge in [0.2, 0.25) is 6.10 Å². The van der Waals surface area contributed by atoms with Crippen LogP contribution in [0.1, 0.15) is 51.6 Å². The van der Waals surface area contributed by atoms with E-state index < -0.39 is 23.9 Å². The van der Waals surface area contributed by atoms with Crippen LogP contribution in [0, 0.1) is 0 Å². The van der Waals surface area contributed by atoms with Gasteiger partial charge < -0.3 is 10.1 Å². The monoisotopic (exact) mass is 392 g/mol. The van der Waals surface area contributed by atoms with Crippen LogP contribution < -0.4 is 5.32 Å². The van der Waals surface area contributed by atoms with Crippen molar-refractivity contribution in [1.29, 1.82) is 0 Å². The van der Waals surface area contributed by atoms with E-state index in [0.717, 1.165) is 17.7 Å². The van der Waals surface area contributed by atoms with E-state index in [0.29, 0.717) is 16.7 Å². The molecule has 4 rings (SSSR count). The van der Waals surface area contributed by atoms with Gasteiger partial charge in [-0.2, -0.15) is 0 Å². The van der Waals surface area contributed by atoms with E-state index in [2.05, 4.69) is 5.32 Å². The van der Waals surface area contributed by atoms with Crippen molar-refractivity contribution in [3.8, 4) is 0 Å². The topological polar surface area (TPSA) is 92.8 Å². The molecule has 0 spiro atoms. The summed E-state index contributed by atoms with van der Waals surface area (Å²) < 4.78 is 5.43. The fourth-order valence-electron chi connectivity index (χ4n) is 3.24. The first-order valence-electron chi connectivity index (χ1n) is 9.54. The van der Waals surface area contributed by atoms with E-state index in [1.807, 2.05) is 6.07 Å². The maximum absolute atomic E-state index is 12.5. The van der Waals surface area contributed by atoms with Gasteiger partial charge in [0.25, 0.3) is 17.7 Å². The van der Waals surface area contributed by atoms with Crippen LogP contribution in [-0.4, -0.2) is 41.2 Å². The highest BCUT2D eigenvalue weighted by Gasteiger charge is 2.36. The lowest BCUT2D eigenvalue weighted by Gasteiger charge is -2.19. The average molecular weight is 392 g/mol. The Kier molecular flexibility index (Phi) is 5.12. The lowest BCUT2D eigenvalue weighted by molar-refractivity contribution is -0.156. The number of hydrogen-bond donors (Lipinski definition) is 1. The van der Waals surface area contributed by atoms with Gasteiger partial charge >= 0.3 is 5.97 Å². The van der Waals surface area contributed by atoms with Crippen molar-refractivity contribution in [3.63, 3.8) is 0 Å². The predicted molar refractivity (Wildman–Crippen MR) is 103 cm³/mol. The minimum atomic E-state index is -1.06. The fraction of sp³-hybridized carbons (Fsp3) is 0.273. The van der Waals surface area contributed by atoms with Crippen LogP contribution in [0.5, 0.6) is 0 Å². The van der Waals surface area contributed by atoms with Crippen LogP contribution in [0.2, 0.25) is 0 Å². The number of benzene rings is 2. The third-order valence-corrected chi connectivity index (χ3v) is 4.93. The van der Waals surface area contributed by atoms with Crippen molar-refractivity contribution in [3.05, 3.63) is 71.3 Å². The third kappa shape index (κ3) is 4.03. The fourth-order valence-corrected chi connectivity index (χ4v) is 3.24. The number of esters is 1. The van der Waals surface area contributed by atoms with Crippen LogP contribution in [0.4, 0.5) is 0 Å². The molecule has 0 radical (unpaired) electrons. The SMILES string of the molecule is O=C(CCN1C(=O)c2ccccc2C1=O)O[C@@H](C(=O)NC1CC1)c1ccccc1. The van der Waals surface area contributed by atoms with Crippen LogP contribution in [0.3, 0.4) is 0 Å². The van der Waals surface area contributed by atoms with E-state index in [-0.39, 0.29) is 24.9 Å². The van der Waals surface area contributed by atoms with E-state index in [9.17, 15) is 19.2 Å². The highest BCUT2D eigenvalue weighted by atomic mass is 16.5. The quantitative estimate of drug-likeness (QED) is 0.576. The molecule has 2 aromatic carbocycles. The molecule has 3 amide bonds. The largest absolute Gasteiger partial charge is 0.447 e. The highest BCUT2D eigenvalue weighted by molar-refractivity contribution is 6.21. The van der Waals surface area contributed by atoms with E-state index in [4.69, 9.17) is 4.74 Å². The first-order valence-corrected chi connectivity index (χ1v) is 9.54. The van der Waals surface area contributed by atoms with Crippen molar-refractivity contribution in [2.24, 2.45) is 0 Å². The molecule has 0 bridgehead atoms. The molecule has 7 heteroatoms. The summed E-state index contributed by atoms with van der Waals surface area (Å²) in [4.78, 5) is 50.8. The number of rotatable bonds is 7. The minimum Gasteiger partial charge on any atom is -0.447 e. The summed E-state index contributed by atoms with van der Waals surface area (Å²) in [6, 6.07) is 15.4. The van der Waals surface area contributed by atoms with Crippen molar-refractivity contribution >= 4 is 23.7 Å². The van der Waals surface area contributed by atoms with E-state index in [1.54, 1.807) is 48.5 Å². The Labute approximate surface area is 167 Å². The maximum Gasteiger partial charge on any atom is 0.308 e. The first-order chi connectivity index (χ1) is 14.0. The number of carbonyl (C=O) groups excluding carboxylic acids is 4. The van der Waals surface area contributed by atoms with Crippen LogP contribution in [0.15, 0.2) is 54.6 Å². The van der Waals surface area contributed by atoms with Gasteiger partial charge in [-0.1, -0.05) is 42.5 Å². The molecule has 29 heavy (non-hydrogen) atoms. The Morgan fingerprint density at radius 2 is 1.55 bits per heavy atom. The first kappa shape index (κ1) is 18.9. The summed E-state index contributed by atoms with van der Waals surface area (Å²) in [6.45, 7) is -0.100. The van der Waals surface area contributed by atoms with Gasteiger partial charge in [-0.25, -0.2) is 0 Å². The Hall–Kier alpha value is -3.48. The molecule has 1 aliphatic carbocycles. The normalized spacial score (nSPS) is 16.3. The van der Waals surface area contributed by atoms with Gasteiger partial charge in [-0.05, 0) is 25.0 Å². The number of nitrogens with zero attached hydrogens (tertiary/aromatic N) is 1. The molecule has 148 valence electrons. The number of amides is 3. The van der Waals surface area contributed by atoms with Gasteiger partial charge in [0.1, 0.15) is 0 Å². The number of ether oxygens (including phenoxy) is 1. The number of carbonyl (C=O) groups is 4. The van der Waals surface area contributed by atoms with Crippen molar-refractivity contribution in [2.45, 2.75) is 31.4 Å². The molecule has 1 saturated carbocycles. The van der Waals surface area contributed by atoms with E-state index in [1.165, 1.54) is 0 Å². The van der Waals surface area contributed by atoms with E-state index >= 15 is 0 Å². The summed E-state index contributed by atoms with van der Waals surface area (Å²) in [5.74, 6) is -1.87. The summed E-state index contributed by atoms with van der Waals surface area (Å²) in [6.07, 6.45) is 0.583. The second-order valence-corrected chi connectivity index (χ2v) is 7.12. The number of nitrogens with one attached hydrogen (secondary N) is 1. The van der Waals surface area contributed by atoms with Crippen LogP contribution >= 0.6 is 0 Å². The Balaban J connectivity index is 1.40. The summed E-state index contributed by atoms with van der Waals surface area (Å²) in [5.41, 5.74) is 1.23. The number of fused-ring (bicyclic) bond motifs is 1. The zero-order valence-electron chi connectivity index (χ0n) is 15.7. The molecule has 1 aliphatic heterocycles. The Morgan fingerprint density at radius 3 is 2.14 bits per heavy atom. The molecular weight excluding hydrogens is 372 g/mol. The summed E-state index contributed by atoms with van der Waals surface area (Å²) in [7, 11) is 0. The smallest absolute Gasteiger partial charge is 0.308 e. The van der Waals surface area contributed by atoms with Crippen molar-refractivity contribution in [2.75, 3.05) is 6.54 Å². The standard InChI is InChI=1S/C22H20N2O5/c25-18(12-13-24-21(27)16-8-4-5-9-17(16)22(24)28)29-19(14-6-2-1-3-7-14)20(26)23-15-10-11-15/h1-9,15,19H,10-13H2,(H,23,26)/t19-/m1/s1. The predicted octanol–water partition coefficient (Wildman–Crippen LogP) is 2.24. The van der Waals surface area contributed by atoms with Gasteiger partial charge in [0, 0.05) is 18.2 Å². The lowest BCUT2D eigenvalue weighted by Crippen LogP contribution is -2.35. The Bertz CT molecular complexity index is 933. The molecule has 0 aromatic heterocycles. The second-order valence-electron chi connectivity index (χ2n) is 7.12. The zero-order chi connectivity index (χ0) is 20.4. The van der Waals surface area contributed by atoms with Gasteiger partial charge in [0.15, 0.2) is 0 Å². The maximum atomic E-state index is 12.5. The van der Waals surface area contributed by atoms with Gasteiger partial charge in [-0.3, -0.25) is 24.1 Å². The van der Waals surface area contributed by atoms with Crippen LogP contribution in [-0.2, 0) is 14.3 Å². The molecule has 1 N–H and O–H groups in total. The molecule has 1 atom stereocenters. The molecular formula is C22H20N2O5. The number of imide groups is 1. The van der Waals surface area contributed by atoms with Crippen LogP contribution in [0.25, 0.3) is 0 Å². The molecule has 1 fully saturated rings. The molecule has 2 aromatic rings. The zero-order valence-corrected chi connectivity index (χ0v) is 15.7. The number of hydrogen-bond acceptors (Lipinski definition) is 5. The Morgan fingerprint density at radius 1 is 0.966 bits per heavy atom. The second kappa shape index (κ2) is 7.87. The lowest BCUT2D eigenvalue weighted by atomic mass is 10.1. The molecule has 1 heterocycles. The minimum absolute atomic E-state index is 0.100. The third-order valence-electron chi connectivity index (χ3n) is 4.93. The highest BCUT2D eigenvalue weighted by Crippen LogP contribution is 2.25. The van der Waals surface area contributed by atoms with Crippen molar-refractivity contribution in [1.82, 2.24) is 10.2 Å². The molecule has 0 saturated heterocycles. The molecule has 7 nitrogen and oxygen atoms in total. The van der Waals surface area contributed by atoms with Gasteiger partial charge in [-0.15, -0.1) is 0 Å². The average Bonchev–Trinajstić information content (AvgIpc) is 3.52. The summed E-state index contributed by atoms with van der Waals surface area (Å²) >= 11 is 0. The molecule has 0 unspecified atom stereocenters. The summed E-state index contributed by atoms with van der Waals surface area (Å²) in [5, 5.41) is 2.85. The molecule has 2 aliphatic rings.